The quantitative estimate of drug-likeness (QED) is 0.885. The predicted molar refractivity (Wildman–Crippen MR) is 75.1 cm³/mol. The van der Waals surface area contributed by atoms with Crippen LogP contribution in [0.4, 0.5) is 4.39 Å². The van der Waals surface area contributed by atoms with Gasteiger partial charge in [0.25, 0.3) is 0 Å². The van der Waals surface area contributed by atoms with Gasteiger partial charge in [0, 0.05) is 11.1 Å². The highest BCUT2D eigenvalue weighted by Crippen LogP contribution is 2.26. The lowest BCUT2D eigenvalue weighted by atomic mass is 9.86. The summed E-state index contributed by atoms with van der Waals surface area (Å²) in [4.78, 5) is 10.5. The van der Waals surface area contributed by atoms with E-state index in [1.165, 1.54) is 6.07 Å². The Bertz CT molecular complexity index is 650. The summed E-state index contributed by atoms with van der Waals surface area (Å²) in [5.74, 6) is -2.43. The first-order valence-electron chi connectivity index (χ1n) is 6.50. The van der Waals surface area contributed by atoms with Gasteiger partial charge in [0.1, 0.15) is 10.7 Å². The summed E-state index contributed by atoms with van der Waals surface area (Å²) in [7, 11) is -4.03. The van der Waals surface area contributed by atoms with E-state index in [1.54, 1.807) is 0 Å². The molecule has 2 N–H and O–H groups in total. The molecule has 0 radical (unpaired) electrons. The minimum absolute atomic E-state index is 0.107. The van der Waals surface area contributed by atoms with Crippen LogP contribution in [0, 0.1) is 11.7 Å². The highest BCUT2D eigenvalue weighted by Gasteiger charge is 2.30. The van der Waals surface area contributed by atoms with Crippen LogP contribution in [0.25, 0.3) is 0 Å². The molecule has 0 aromatic heterocycles. The number of hydrogen-bond acceptors (Lipinski definition) is 3. The predicted octanol–water partition coefficient (Wildman–Crippen LogP) is 2.40. The molecule has 21 heavy (non-hydrogen) atoms. The van der Waals surface area contributed by atoms with Crippen LogP contribution in [0.15, 0.2) is 23.1 Å². The van der Waals surface area contributed by atoms with Crippen LogP contribution in [0.3, 0.4) is 0 Å². The molecular formula is C13H15ClFNO4S. The zero-order valence-corrected chi connectivity index (χ0v) is 12.6. The van der Waals surface area contributed by atoms with Gasteiger partial charge in [-0.05, 0) is 37.5 Å². The molecule has 5 nitrogen and oxygen atoms in total. The molecule has 1 aromatic carbocycles. The molecule has 0 heterocycles. The number of halogens is 2. The zero-order chi connectivity index (χ0) is 15.6. The van der Waals surface area contributed by atoms with Gasteiger partial charge in [0.15, 0.2) is 0 Å². The van der Waals surface area contributed by atoms with Gasteiger partial charge in [-0.3, -0.25) is 4.79 Å². The maximum absolute atomic E-state index is 13.7. The second kappa shape index (κ2) is 6.29. The van der Waals surface area contributed by atoms with Crippen LogP contribution >= 0.6 is 11.6 Å². The topological polar surface area (TPSA) is 83.5 Å². The first kappa shape index (κ1) is 16.2. The summed E-state index contributed by atoms with van der Waals surface area (Å²) in [6.07, 6.45) is 1.90. The van der Waals surface area contributed by atoms with Crippen molar-refractivity contribution in [3.63, 3.8) is 0 Å². The molecule has 2 rings (SSSR count). The van der Waals surface area contributed by atoms with Crippen molar-refractivity contribution in [1.29, 1.82) is 0 Å². The molecule has 1 aliphatic carbocycles. The summed E-state index contributed by atoms with van der Waals surface area (Å²) in [6, 6.07) is 2.81. The third-order valence-corrected chi connectivity index (χ3v) is 5.32. The largest absolute Gasteiger partial charge is 0.481 e. The maximum Gasteiger partial charge on any atom is 0.306 e. The van der Waals surface area contributed by atoms with E-state index in [0.717, 1.165) is 12.1 Å². The average Bonchev–Trinajstić information content (AvgIpc) is 2.37. The fourth-order valence-corrected chi connectivity index (χ4v) is 4.00. The van der Waals surface area contributed by atoms with Crippen LogP contribution in [0.1, 0.15) is 25.7 Å². The minimum Gasteiger partial charge on any atom is -0.481 e. The highest BCUT2D eigenvalue weighted by molar-refractivity contribution is 7.89. The maximum atomic E-state index is 13.7. The number of carboxylic acids is 1. The van der Waals surface area contributed by atoms with Crippen LogP contribution in [0.5, 0.6) is 0 Å². The molecule has 1 aliphatic rings. The van der Waals surface area contributed by atoms with Gasteiger partial charge in [0.2, 0.25) is 10.0 Å². The highest BCUT2D eigenvalue weighted by atomic mass is 35.5. The monoisotopic (exact) mass is 335 g/mol. The third-order valence-electron chi connectivity index (χ3n) is 3.53. The Kier molecular flexibility index (Phi) is 4.85. The lowest BCUT2D eigenvalue weighted by molar-refractivity contribution is -0.143. The van der Waals surface area contributed by atoms with Crippen molar-refractivity contribution < 1.29 is 22.7 Å². The van der Waals surface area contributed by atoms with Crippen LogP contribution in [-0.2, 0) is 14.8 Å². The van der Waals surface area contributed by atoms with E-state index >= 15 is 0 Å². The van der Waals surface area contributed by atoms with Gasteiger partial charge in [-0.25, -0.2) is 17.5 Å². The molecule has 1 fully saturated rings. The van der Waals surface area contributed by atoms with E-state index in [-0.39, 0.29) is 11.4 Å². The van der Waals surface area contributed by atoms with Crippen molar-refractivity contribution in [3.05, 3.63) is 29.0 Å². The summed E-state index contributed by atoms with van der Waals surface area (Å²) in [6.45, 7) is 0. The van der Waals surface area contributed by atoms with E-state index < -0.39 is 38.7 Å². The number of hydrogen-bond donors (Lipinski definition) is 2. The first-order valence-corrected chi connectivity index (χ1v) is 8.36. The van der Waals surface area contributed by atoms with Crippen LogP contribution in [0.2, 0.25) is 5.02 Å². The van der Waals surface area contributed by atoms with Gasteiger partial charge in [0.05, 0.1) is 5.92 Å². The molecular weight excluding hydrogens is 321 g/mol. The van der Waals surface area contributed by atoms with E-state index in [0.29, 0.717) is 19.3 Å². The van der Waals surface area contributed by atoms with Crippen molar-refractivity contribution in [2.45, 2.75) is 36.6 Å². The lowest BCUT2D eigenvalue weighted by Gasteiger charge is -2.27. The summed E-state index contributed by atoms with van der Waals surface area (Å²) in [5, 5.41) is 9.10. The van der Waals surface area contributed by atoms with Crippen molar-refractivity contribution in [1.82, 2.24) is 4.72 Å². The van der Waals surface area contributed by atoms with Gasteiger partial charge in [-0.15, -0.1) is 0 Å². The van der Waals surface area contributed by atoms with Crippen LogP contribution < -0.4 is 4.72 Å². The standard InChI is InChI=1S/C13H15ClFNO4S/c14-9-4-5-12(11(15)7-9)21(19,20)16-10-3-1-2-8(6-10)13(17)18/h4-5,7-8,10,16H,1-3,6H2,(H,17,18). The number of sulfonamides is 1. The molecule has 116 valence electrons. The summed E-state index contributed by atoms with van der Waals surface area (Å²) < 4.78 is 40.4. The average molecular weight is 336 g/mol. The van der Waals surface area contributed by atoms with Gasteiger partial charge in [-0.2, -0.15) is 0 Å². The SMILES string of the molecule is O=C(O)C1CCCC(NS(=O)(=O)c2ccc(Cl)cc2F)C1. The Balaban J connectivity index is 2.15. The Morgan fingerprint density at radius 1 is 1.38 bits per heavy atom. The van der Waals surface area contributed by atoms with Gasteiger partial charge >= 0.3 is 5.97 Å². The number of nitrogens with one attached hydrogen (secondary N) is 1. The van der Waals surface area contributed by atoms with Crippen molar-refractivity contribution in [3.8, 4) is 0 Å². The number of carbonyl (C=O) groups is 1. The number of rotatable bonds is 4. The second-order valence-electron chi connectivity index (χ2n) is 5.09. The summed E-state index contributed by atoms with van der Waals surface area (Å²) >= 11 is 5.59. The summed E-state index contributed by atoms with van der Waals surface area (Å²) in [5.41, 5.74) is 0. The van der Waals surface area contributed by atoms with Crippen molar-refractivity contribution in [2.75, 3.05) is 0 Å². The molecule has 2 unspecified atom stereocenters. The molecule has 0 spiro atoms. The Hall–Kier alpha value is -1.18. The van der Waals surface area contributed by atoms with Gasteiger partial charge in [-0.1, -0.05) is 18.0 Å². The van der Waals surface area contributed by atoms with E-state index in [2.05, 4.69) is 4.72 Å². The molecule has 0 amide bonds. The molecule has 0 bridgehead atoms. The molecule has 0 aliphatic heterocycles. The normalized spacial score (nSPS) is 23.0. The van der Waals surface area contributed by atoms with E-state index in [1.807, 2.05) is 0 Å². The van der Waals surface area contributed by atoms with Crippen LogP contribution in [-0.4, -0.2) is 25.5 Å². The first-order chi connectivity index (χ1) is 9.79. The fourth-order valence-electron chi connectivity index (χ4n) is 2.50. The van der Waals surface area contributed by atoms with Crippen molar-refractivity contribution in [2.24, 2.45) is 5.92 Å². The molecule has 1 saturated carbocycles. The molecule has 2 atom stereocenters. The zero-order valence-electron chi connectivity index (χ0n) is 11.1. The Morgan fingerprint density at radius 3 is 2.71 bits per heavy atom. The smallest absolute Gasteiger partial charge is 0.306 e. The number of benzene rings is 1. The van der Waals surface area contributed by atoms with E-state index in [4.69, 9.17) is 16.7 Å². The minimum atomic E-state index is -4.03. The fraction of sp³-hybridized carbons (Fsp3) is 0.462. The third kappa shape index (κ3) is 3.93. The lowest BCUT2D eigenvalue weighted by Crippen LogP contribution is -2.40. The molecule has 1 aromatic rings. The second-order valence-corrected chi connectivity index (χ2v) is 7.21. The van der Waals surface area contributed by atoms with Gasteiger partial charge < -0.3 is 5.11 Å². The number of carboxylic acid groups (broad SMARTS) is 1. The van der Waals surface area contributed by atoms with E-state index in [9.17, 15) is 17.6 Å². The Morgan fingerprint density at radius 2 is 2.10 bits per heavy atom. The molecule has 0 saturated heterocycles. The van der Waals surface area contributed by atoms with Crippen molar-refractivity contribution >= 4 is 27.6 Å². The number of aliphatic carboxylic acids is 1. The molecule has 8 heteroatoms. The Labute approximate surface area is 127 Å².